The minimum Gasteiger partial charge on any atom is -0.496 e. The Balaban J connectivity index is 1.46. The van der Waals surface area contributed by atoms with Crippen LogP contribution in [-0.4, -0.2) is 33.2 Å². The van der Waals surface area contributed by atoms with Gasteiger partial charge in [-0.1, -0.05) is 18.2 Å². The Morgan fingerprint density at radius 3 is 2.96 bits per heavy atom. The Kier molecular flexibility index (Phi) is 4.86. The molecule has 140 valence electrons. The number of carbonyl (C=O) groups excluding carboxylic acids is 1. The van der Waals surface area contributed by atoms with Crippen LogP contribution in [0.5, 0.6) is 5.75 Å². The molecule has 0 saturated heterocycles. The van der Waals surface area contributed by atoms with Crippen molar-refractivity contribution in [2.24, 2.45) is 12.1 Å². The van der Waals surface area contributed by atoms with Crippen LogP contribution in [0.1, 0.15) is 15.2 Å². The SMILES string of the molecule is COc1ccccc1-c1cc(C(=O)NN=Cc2ccc3c(c2)ncn3C)sn1. The molecule has 2 heterocycles. The standard InChI is InChI=1S/C20H17N5O2S/c1-25-12-21-16-9-13(7-8-17(16)25)11-22-23-20(26)19-10-15(24-28-19)14-5-3-4-6-18(14)27-2/h3-12H,1-2H3,(H,23,26). The third-order valence-corrected chi connectivity index (χ3v) is 5.03. The zero-order chi connectivity index (χ0) is 19.5. The van der Waals surface area contributed by atoms with Crippen LogP contribution in [0.15, 0.2) is 60.0 Å². The van der Waals surface area contributed by atoms with Crippen molar-refractivity contribution in [3.8, 4) is 17.0 Å². The van der Waals surface area contributed by atoms with Crippen molar-refractivity contribution in [2.75, 3.05) is 7.11 Å². The summed E-state index contributed by atoms with van der Waals surface area (Å²) < 4.78 is 11.7. The van der Waals surface area contributed by atoms with Crippen LogP contribution >= 0.6 is 11.5 Å². The second-order valence-electron chi connectivity index (χ2n) is 6.08. The predicted molar refractivity (Wildman–Crippen MR) is 110 cm³/mol. The average Bonchev–Trinajstić information content (AvgIpc) is 3.35. The number of aromatic nitrogens is 3. The largest absolute Gasteiger partial charge is 0.496 e. The van der Waals surface area contributed by atoms with E-state index in [1.165, 1.54) is 0 Å². The first-order valence-electron chi connectivity index (χ1n) is 8.50. The molecule has 28 heavy (non-hydrogen) atoms. The van der Waals surface area contributed by atoms with E-state index in [9.17, 15) is 4.79 Å². The van der Waals surface area contributed by atoms with Gasteiger partial charge < -0.3 is 9.30 Å². The van der Waals surface area contributed by atoms with Gasteiger partial charge in [-0.2, -0.15) is 9.47 Å². The fourth-order valence-electron chi connectivity index (χ4n) is 2.82. The molecule has 0 bridgehead atoms. The molecule has 0 atom stereocenters. The molecule has 0 aliphatic heterocycles. The lowest BCUT2D eigenvalue weighted by atomic mass is 10.1. The highest BCUT2D eigenvalue weighted by atomic mass is 32.1. The number of imidazole rings is 1. The van der Waals surface area contributed by atoms with Crippen molar-refractivity contribution in [1.29, 1.82) is 0 Å². The van der Waals surface area contributed by atoms with E-state index in [-0.39, 0.29) is 5.91 Å². The van der Waals surface area contributed by atoms with Crippen LogP contribution in [0.4, 0.5) is 0 Å². The molecule has 1 amide bonds. The van der Waals surface area contributed by atoms with Gasteiger partial charge in [0.1, 0.15) is 10.6 Å². The smallest absolute Gasteiger partial charge is 0.283 e. The first-order chi connectivity index (χ1) is 13.7. The number of hydrogen-bond acceptors (Lipinski definition) is 6. The number of hydrogen-bond donors (Lipinski definition) is 1. The summed E-state index contributed by atoms with van der Waals surface area (Å²) in [5.41, 5.74) is 6.84. The second kappa shape index (κ2) is 7.61. The Labute approximate surface area is 165 Å². The molecule has 0 saturated carbocycles. The molecule has 0 spiro atoms. The first-order valence-corrected chi connectivity index (χ1v) is 9.27. The molecule has 4 rings (SSSR count). The fraction of sp³-hybridized carbons (Fsp3) is 0.100. The van der Waals surface area contributed by atoms with Gasteiger partial charge in [0.25, 0.3) is 5.91 Å². The zero-order valence-electron chi connectivity index (χ0n) is 15.3. The van der Waals surface area contributed by atoms with Gasteiger partial charge in [-0.25, -0.2) is 10.4 Å². The number of ether oxygens (including phenoxy) is 1. The van der Waals surface area contributed by atoms with Crippen molar-refractivity contribution in [3.05, 3.63) is 65.3 Å². The third-order valence-electron chi connectivity index (χ3n) is 4.25. The van der Waals surface area contributed by atoms with Gasteiger partial charge >= 0.3 is 0 Å². The maximum atomic E-state index is 12.3. The molecule has 1 N–H and O–H groups in total. The number of hydrazone groups is 1. The molecule has 2 aromatic carbocycles. The molecule has 0 aliphatic rings. The van der Waals surface area contributed by atoms with E-state index in [4.69, 9.17) is 4.74 Å². The summed E-state index contributed by atoms with van der Waals surface area (Å²) in [4.78, 5) is 17.1. The molecule has 2 aromatic heterocycles. The van der Waals surface area contributed by atoms with Crippen molar-refractivity contribution in [2.45, 2.75) is 0 Å². The number of aryl methyl sites for hydroxylation is 1. The van der Waals surface area contributed by atoms with Gasteiger partial charge in [0.05, 0.1) is 36.4 Å². The fourth-order valence-corrected chi connectivity index (χ4v) is 3.46. The molecular formula is C20H17N5O2S. The number of rotatable bonds is 5. The van der Waals surface area contributed by atoms with E-state index in [1.807, 2.05) is 54.1 Å². The Hall–Kier alpha value is -3.52. The van der Waals surface area contributed by atoms with Gasteiger partial charge in [-0.3, -0.25) is 4.79 Å². The normalized spacial score (nSPS) is 11.2. The number of methoxy groups -OCH3 is 1. The first kappa shape index (κ1) is 17.9. The summed E-state index contributed by atoms with van der Waals surface area (Å²) in [6.45, 7) is 0. The van der Waals surface area contributed by atoms with E-state index in [1.54, 1.807) is 25.7 Å². The van der Waals surface area contributed by atoms with Gasteiger partial charge in [0.2, 0.25) is 0 Å². The highest BCUT2D eigenvalue weighted by molar-refractivity contribution is 7.08. The van der Waals surface area contributed by atoms with E-state index in [0.29, 0.717) is 16.3 Å². The number of para-hydroxylation sites is 1. The molecule has 8 heteroatoms. The van der Waals surface area contributed by atoms with Crippen molar-refractivity contribution in [3.63, 3.8) is 0 Å². The topological polar surface area (TPSA) is 81.4 Å². The summed E-state index contributed by atoms with van der Waals surface area (Å²) in [6.07, 6.45) is 3.35. The number of nitrogens with zero attached hydrogens (tertiary/aromatic N) is 4. The monoisotopic (exact) mass is 391 g/mol. The Bertz CT molecular complexity index is 1180. The number of amides is 1. The Morgan fingerprint density at radius 2 is 2.11 bits per heavy atom. The Morgan fingerprint density at radius 1 is 1.25 bits per heavy atom. The quantitative estimate of drug-likeness (QED) is 0.417. The van der Waals surface area contributed by atoms with E-state index < -0.39 is 0 Å². The van der Waals surface area contributed by atoms with Crippen molar-refractivity contribution in [1.82, 2.24) is 19.4 Å². The molecule has 0 radical (unpaired) electrons. The molecule has 7 nitrogen and oxygen atoms in total. The summed E-state index contributed by atoms with van der Waals surface area (Å²) in [7, 11) is 3.55. The maximum Gasteiger partial charge on any atom is 0.283 e. The zero-order valence-corrected chi connectivity index (χ0v) is 16.1. The summed E-state index contributed by atoms with van der Waals surface area (Å²) >= 11 is 1.12. The van der Waals surface area contributed by atoms with Crippen LogP contribution in [0.3, 0.4) is 0 Å². The summed E-state index contributed by atoms with van der Waals surface area (Å²) in [6, 6.07) is 15.1. The van der Waals surface area contributed by atoms with E-state index in [2.05, 4.69) is 19.9 Å². The van der Waals surface area contributed by atoms with Gasteiger partial charge in [0, 0.05) is 12.6 Å². The number of benzene rings is 2. The van der Waals surface area contributed by atoms with Crippen molar-refractivity contribution < 1.29 is 9.53 Å². The molecular weight excluding hydrogens is 374 g/mol. The summed E-state index contributed by atoms with van der Waals surface area (Å²) in [5, 5.41) is 4.04. The van der Waals surface area contributed by atoms with Crippen LogP contribution in [0, 0.1) is 0 Å². The molecule has 0 aliphatic carbocycles. The lowest BCUT2D eigenvalue weighted by molar-refractivity contribution is 0.0959. The second-order valence-corrected chi connectivity index (χ2v) is 6.88. The summed E-state index contributed by atoms with van der Waals surface area (Å²) in [5.74, 6) is 0.400. The maximum absolute atomic E-state index is 12.3. The minimum absolute atomic E-state index is 0.311. The number of fused-ring (bicyclic) bond motifs is 1. The van der Waals surface area contributed by atoms with Crippen LogP contribution in [0.2, 0.25) is 0 Å². The predicted octanol–water partition coefficient (Wildman–Crippen LogP) is 3.47. The molecule has 4 aromatic rings. The highest BCUT2D eigenvalue weighted by Crippen LogP contribution is 2.30. The molecule has 0 unspecified atom stereocenters. The van der Waals surface area contributed by atoms with Gasteiger partial charge in [0.15, 0.2) is 0 Å². The number of nitrogens with one attached hydrogen (secondary N) is 1. The van der Waals surface area contributed by atoms with Crippen molar-refractivity contribution >= 4 is 34.7 Å². The van der Waals surface area contributed by atoms with Gasteiger partial charge in [-0.05, 0) is 47.4 Å². The highest BCUT2D eigenvalue weighted by Gasteiger charge is 2.13. The lowest BCUT2D eigenvalue weighted by Crippen LogP contribution is -2.16. The van der Waals surface area contributed by atoms with Crippen LogP contribution < -0.4 is 10.2 Å². The van der Waals surface area contributed by atoms with E-state index >= 15 is 0 Å². The van der Waals surface area contributed by atoms with Gasteiger partial charge in [-0.15, -0.1) is 0 Å². The average molecular weight is 391 g/mol. The lowest BCUT2D eigenvalue weighted by Gasteiger charge is -2.04. The van der Waals surface area contributed by atoms with Crippen LogP contribution in [0.25, 0.3) is 22.3 Å². The van der Waals surface area contributed by atoms with E-state index in [0.717, 1.165) is 33.7 Å². The molecule has 0 fully saturated rings. The minimum atomic E-state index is -0.311. The van der Waals surface area contributed by atoms with Crippen LogP contribution in [-0.2, 0) is 7.05 Å². The number of carbonyl (C=O) groups is 1. The third kappa shape index (κ3) is 3.49.